The molecule has 0 aromatic heterocycles. The molecule has 0 saturated carbocycles. The molecule has 0 fully saturated rings. The SMILES string of the molecule is CCc1ccccc1C(=O)Nc1cc(Cl)ccc1Br. The number of hydrogen-bond donors (Lipinski definition) is 1. The van der Waals surface area contributed by atoms with Gasteiger partial charge in [0.2, 0.25) is 0 Å². The molecule has 0 aliphatic carbocycles. The average molecular weight is 339 g/mol. The summed E-state index contributed by atoms with van der Waals surface area (Å²) in [6.07, 6.45) is 0.820. The van der Waals surface area contributed by atoms with Crippen molar-refractivity contribution in [3.63, 3.8) is 0 Å². The lowest BCUT2D eigenvalue weighted by Gasteiger charge is -2.10. The van der Waals surface area contributed by atoms with Crippen molar-refractivity contribution in [1.82, 2.24) is 0 Å². The zero-order chi connectivity index (χ0) is 13.8. The minimum absolute atomic E-state index is 0.125. The van der Waals surface area contributed by atoms with Crippen molar-refractivity contribution in [2.45, 2.75) is 13.3 Å². The quantitative estimate of drug-likeness (QED) is 0.846. The first kappa shape index (κ1) is 14.1. The number of amides is 1. The molecule has 2 nitrogen and oxygen atoms in total. The fourth-order valence-electron chi connectivity index (χ4n) is 1.83. The van der Waals surface area contributed by atoms with Gasteiger partial charge in [0.05, 0.1) is 5.69 Å². The summed E-state index contributed by atoms with van der Waals surface area (Å²) in [4.78, 5) is 12.3. The summed E-state index contributed by atoms with van der Waals surface area (Å²) in [7, 11) is 0. The number of carbonyl (C=O) groups is 1. The fourth-order valence-corrected chi connectivity index (χ4v) is 2.35. The summed E-state index contributed by atoms with van der Waals surface area (Å²) in [6.45, 7) is 2.03. The van der Waals surface area contributed by atoms with Crippen molar-refractivity contribution in [1.29, 1.82) is 0 Å². The second-order valence-corrected chi connectivity index (χ2v) is 5.38. The maximum Gasteiger partial charge on any atom is 0.255 e. The topological polar surface area (TPSA) is 29.1 Å². The first-order chi connectivity index (χ1) is 9.11. The van der Waals surface area contributed by atoms with Crippen molar-refractivity contribution >= 4 is 39.1 Å². The van der Waals surface area contributed by atoms with Crippen LogP contribution in [0.4, 0.5) is 5.69 Å². The summed E-state index contributed by atoms with van der Waals surface area (Å²) in [5.41, 5.74) is 2.39. The van der Waals surface area contributed by atoms with E-state index in [1.165, 1.54) is 0 Å². The van der Waals surface area contributed by atoms with Gasteiger partial charge in [0, 0.05) is 15.1 Å². The summed E-state index contributed by atoms with van der Waals surface area (Å²) in [5, 5.41) is 3.46. The molecule has 2 rings (SSSR count). The highest BCUT2D eigenvalue weighted by Gasteiger charge is 2.11. The van der Waals surface area contributed by atoms with Crippen LogP contribution in [0.3, 0.4) is 0 Å². The first-order valence-corrected chi connectivity index (χ1v) is 7.13. The van der Waals surface area contributed by atoms with Gasteiger partial charge in [-0.3, -0.25) is 4.79 Å². The van der Waals surface area contributed by atoms with Crippen LogP contribution in [0, 0.1) is 0 Å². The van der Waals surface area contributed by atoms with Crippen molar-refractivity contribution in [3.05, 3.63) is 63.1 Å². The van der Waals surface area contributed by atoms with Crippen molar-refractivity contribution in [3.8, 4) is 0 Å². The van der Waals surface area contributed by atoms with Crippen LogP contribution < -0.4 is 5.32 Å². The number of hydrogen-bond acceptors (Lipinski definition) is 1. The van der Waals surface area contributed by atoms with Gasteiger partial charge in [-0.05, 0) is 52.2 Å². The first-order valence-electron chi connectivity index (χ1n) is 5.96. The average Bonchev–Trinajstić information content (AvgIpc) is 2.42. The van der Waals surface area contributed by atoms with Crippen LogP contribution in [0.25, 0.3) is 0 Å². The molecule has 98 valence electrons. The number of halogens is 2. The second kappa shape index (κ2) is 6.22. The second-order valence-electron chi connectivity index (χ2n) is 4.09. The Kier molecular flexibility index (Phi) is 4.61. The van der Waals surface area contributed by atoms with Crippen LogP contribution in [0.15, 0.2) is 46.9 Å². The third-order valence-electron chi connectivity index (χ3n) is 2.82. The molecule has 1 N–H and O–H groups in total. The number of benzene rings is 2. The van der Waals surface area contributed by atoms with Gasteiger partial charge in [-0.1, -0.05) is 36.7 Å². The van der Waals surface area contributed by atoms with Crippen molar-refractivity contribution < 1.29 is 4.79 Å². The number of carbonyl (C=O) groups excluding carboxylic acids is 1. The molecule has 2 aromatic rings. The van der Waals surface area contributed by atoms with Gasteiger partial charge >= 0.3 is 0 Å². The van der Waals surface area contributed by atoms with Crippen molar-refractivity contribution in [2.75, 3.05) is 5.32 Å². The Hall–Kier alpha value is -1.32. The van der Waals surface area contributed by atoms with Gasteiger partial charge in [-0.25, -0.2) is 0 Å². The smallest absolute Gasteiger partial charge is 0.255 e. The van der Waals surface area contributed by atoms with Crippen LogP contribution >= 0.6 is 27.5 Å². The Bertz CT molecular complexity index is 613. The van der Waals surface area contributed by atoms with Gasteiger partial charge in [0.1, 0.15) is 0 Å². The monoisotopic (exact) mass is 337 g/mol. The van der Waals surface area contributed by atoms with Gasteiger partial charge in [-0.15, -0.1) is 0 Å². The van der Waals surface area contributed by atoms with Gasteiger partial charge in [0.25, 0.3) is 5.91 Å². The molecule has 0 aliphatic rings. The Balaban J connectivity index is 2.28. The highest BCUT2D eigenvalue weighted by molar-refractivity contribution is 9.10. The van der Waals surface area contributed by atoms with Gasteiger partial charge in [-0.2, -0.15) is 0 Å². The van der Waals surface area contributed by atoms with E-state index in [0.717, 1.165) is 16.5 Å². The Morgan fingerprint density at radius 3 is 2.74 bits per heavy atom. The van der Waals surface area contributed by atoms with Gasteiger partial charge < -0.3 is 5.32 Å². The number of rotatable bonds is 3. The van der Waals surface area contributed by atoms with E-state index in [1.54, 1.807) is 12.1 Å². The molecule has 2 aromatic carbocycles. The zero-order valence-electron chi connectivity index (χ0n) is 10.4. The molecule has 0 saturated heterocycles. The number of aryl methyl sites for hydroxylation is 1. The third-order valence-corrected chi connectivity index (χ3v) is 3.75. The number of anilines is 1. The standard InChI is InChI=1S/C15H13BrClNO/c1-2-10-5-3-4-6-12(10)15(19)18-14-9-11(17)7-8-13(14)16/h3-9H,2H2,1H3,(H,18,19). The minimum atomic E-state index is -0.125. The minimum Gasteiger partial charge on any atom is -0.321 e. The molecule has 19 heavy (non-hydrogen) atoms. The predicted molar refractivity (Wildman–Crippen MR) is 82.9 cm³/mol. The van der Waals surface area contributed by atoms with Crippen LogP contribution in [0.1, 0.15) is 22.8 Å². The Morgan fingerprint density at radius 2 is 2.00 bits per heavy atom. The van der Waals surface area contributed by atoms with Crippen LogP contribution in [-0.2, 0) is 6.42 Å². The molecule has 0 aliphatic heterocycles. The fraction of sp³-hybridized carbons (Fsp3) is 0.133. The normalized spacial score (nSPS) is 10.3. The summed E-state index contributed by atoms with van der Waals surface area (Å²) < 4.78 is 0.805. The maximum atomic E-state index is 12.3. The van der Waals surface area contributed by atoms with E-state index >= 15 is 0 Å². The van der Waals surface area contributed by atoms with Crippen LogP contribution in [0.2, 0.25) is 5.02 Å². The Morgan fingerprint density at radius 1 is 1.26 bits per heavy atom. The summed E-state index contributed by atoms with van der Waals surface area (Å²) in [6, 6.07) is 12.9. The van der Waals surface area contributed by atoms with Crippen LogP contribution in [-0.4, -0.2) is 5.91 Å². The van der Waals surface area contributed by atoms with E-state index in [2.05, 4.69) is 21.2 Å². The Labute approximate surface area is 125 Å². The van der Waals surface area contributed by atoms with Crippen molar-refractivity contribution in [2.24, 2.45) is 0 Å². The predicted octanol–water partition coefficient (Wildman–Crippen LogP) is 4.92. The summed E-state index contributed by atoms with van der Waals surface area (Å²) in [5.74, 6) is -0.125. The van der Waals surface area contributed by atoms with E-state index in [4.69, 9.17) is 11.6 Å². The maximum absolute atomic E-state index is 12.3. The largest absolute Gasteiger partial charge is 0.321 e. The summed E-state index contributed by atoms with van der Waals surface area (Å²) >= 11 is 9.33. The number of nitrogens with one attached hydrogen (secondary N) is 1. The lowest BCUT2D eigenvalue weighted by molar-refractivity contribution is 0.102. The molecule has 1 amide bonds. The van der Waals surface area contributed by atoms with E-state index in [-0.39, 0.29) is 5.91 Å². The van der Waals surface area contributed by atoms with E-state index in [9.17, 15) is 4.79 Å². The molecule has 0 bridgehead atoms. The lowest BCUT2D eigenvalue weighted by Crippen LogP contribution is -2.14. The van der Waals surface area contributed by atoms with Crippen LogP contribution in [0.5, 0.6) is 0 Å². The van der Waals surface area contributed by atoms with E-state index < -0.39 is 0 Å². The molecular weight excluding hydrogens is 326 g/mol. The molecule has 4 heteroatoms. The molecule has 0 heterocycles. The van der Waals surface area contributed by atoms with Gasteiger partial charge in [0.15, 0.2) is 0 Å². The lowest BCUT2D eigenvalue weighted by atomic mass is 10.0. The zero-order valence-corrected chi connectivity index (χ0v) is 12.8. The highest BCUT2D eigenvalue weighted by atomic mass is 79.9. The van der Waals surface area contributed by atoms with E-state index in [0.29, 0.717) is 16.3 Å². The molecule has 0 unspecified atom stereocenters. The van der Waals surface area contributed by atoms with E-state index in [1.807, 2.05) is 37.3 Å². The molecule has 0 radical (unpaired) electrons. The third kappa shape index (κ3) is 3.37. The highest BCUT2D eigenvalue weighted by Crippen LogP contribution is 2.26. The molecular formula is C15H13BrClNO. The molecule has 0 atom stereocenters. The molecule has 0 spiro atoms.